The van der Waals surface area contributed by atoms with Crippen molar-refractivity contribution in [3.63, 3.8) is 0 Å². The van der Waals surface area contributed by atoms with Crippen LogP contribution in [-0.2, 0) is 0 Å². The normalized spacial score (nSPS) is 13.2. The monoisotopic (exact) mass is 584 g/mol. The first-order valence-electron chi connectivity index (χ1n) is 15.2. The summed E-state index contributed by atoms with van der Waals surface area (Å²) in [6, 6.07) is 50.2. The van der Waals surface area contributed by atoms with E-state index in [1.54, 1.807) is 0 Å². The van der Waals surface area contributed by atoms with E-state index in [0.717, 1.165) is 39.0 Å². The van der Waals surface area contributed by atoms with E-state index in [9.17, 15) is 0 Å². The first-order chi connectivity index (χ1) is 22.1. The summed E-state index contributed by atoms with van der Waals surface area (Å²) < 4.78 is 0. The molecule has 0 aliphatic rings. The van der Waals surface area contributed by atoms with E-state index < -0.39 is 0 Å². The van der Waals surface area contributed by atoms with Crippen LogP contribution in [0.25, 0.3) is 38.6 Å². The van der Waals surface area contributed by atoms with Crippen LogP contribution in [-0.4, -0.2) is 12.4 Å². The minimum Gasteiger partial charge on any atom is -0.312 e. The van der Waals surface area contributed by atoms with Crippen molar-refractivity contribution in [3.05, 3.63) is 174 Å². The predicted octanol–water partition coefficient (Wildman–Crippen LogP) is 9.59. The highest BCUT2D eigenvalue weighted by Gasteiger charge is 2.16. The molecule has 0 spiro atoms. The third kappa shape index (κ3) is 6.73. The average Bonchev–Trinajstić information content (AvgIpc) is 3.11. The number of hydrogen-bond acceptors (Lipinski definition) is 4. The molecule has 2 atom stereocenters. The Kier molecular flexibility index (Phi) is 9.16. The Morgan fingerprint density at radius 2 is 1.18 bits per heavy atom. The second-order valence-corrected chi connectivity index (χ2v) is 10.9. The Morgan fingerprint density at radius 3 is 1.73 bits per heavy atom. The number of nitrogens with two attached hydrogens (primary N) is 1. The molecule has 0 amide bonds. The van der Waals surface area contributed by atoms with Crippen molar-refractivity contribution in [1.82, 2.24) is 5.32 Å². The highest BCUT2D eigenvalue weighted by atomic mass is 15.1. The number of benzene rings is 6. The van der Waals surface area contributed by atoms with Crippen LogP contribution < -0.4 is 11.1 Å². The van der Waals surface area contributed by atoms with Crippen LogP contribution in [0.3, 0.4) is 0 Å². The summed E-state index contributed by atoms with van der Waals surface area (Å²) >= 11 is 0. The molecule has 0 fully saturated rings. The van der Waals surface area contributed by atoms with Gasteiger partial charge in [-0.25, -0.2) is 0 Å². The van der Waals surface area contributed by atoms with Crippen molar-refractivity contribution in [2.24, 2.45) is 10.7 Å². The Labute approximate surface area is 265 Å². The van der Waals surface area contributed by atoms with Crippen LogP contribution in [0.2, 0.25) is 0 Å². The molecule has 2 unspecified atom stereocenters. The van der Waals surface area contributed by atoms with E-state index in [0.29, 0.717) is 0 Å². The van der Waals surface area contributed by atoms with Gasteiger partial charge in [0.25, 0.3) is 0 Å². The van der Waals surface area contributed by atoms with E-state index >= 15 is 0 Å². The van der Waals surface area contributed by atoms with Gasteiger partial charge in [-0.3, -0.25) is 10.3 Å². The van der Waals surface area contributed by atoms with Gasteiger partial charge in [-0.15, -0.1) is 0 Å². The molecule has 0 aromatic heterocycles. The molecule has 0 radical (unpaired) electrons. The minimum absolute atomic E-state index is 0.327. The molecule has 0 aliphatic heterocycles. The molecule has 220 valence electrons. The van der Waals surface area contributed by atoms with Crippen molar-refractivity contribution in [2.45, 2.75) is 19.3 Å². The maximum Gasteiger partial charge on any atom is 0.127 e. The molecule has 0 aliphatic carbocycles. The van der Waals surface area contributed by atoms with E-state index in [1.165, 1.54) is 28.1 Å². The van der Waals surface area contributed by atoms with Crippen molar-refractivity contribution in [3.8, 4) is 22.3 Å². The lowest BCUT2D eigenvalue weighted by Crippen LogP contribution is -2.31. The predicted molar refractivity (Wildman–Crippen MR) is 191 cm³/mol. The number of hydrogen-bond donors (Lipinski definition) is 3. The lowest BCUT2D eigenvalue weighted by molar-refractivity contribution is 0.467. The van der Waals surface area contributed by atoms with E-state index in [1.807, 2.05) is 79.9 Å². The second kappa shape index (κ2) is 13.9. The van der Waals surface area contributed by atoms with Crippen molar-refractivity contribution < 1.29 is 0 Å². The molecule has 6 rings (SSSR count). The fourth-order valence-electron chi connectivity index (χ4n) is 5.67. The fraction of sp³-hybridized carbons (Fsp3) is 0.0732. The highest BCUT2D eigenvalue weighted by molar-refractivity contribution is 6.09. The van der Waals surface area contributed by atoms with E-state index in [2.05, 4.69) is 90.2 Å². The van der Waals surface area contributed by atoms with Crippen LogP contribution in [0.4, 0.5) is 0 Å². The van der Waals surface area contributed by atoms with Crippen LogP contribution in [0.1, 0.15) is 41.5 Å². The van der Waals surface area contributed by atoms with Gasteiger partial charge in [0.15, 0.2) is 0 Å². The lowest BCUT2D eigenvalue weighted by atomic mass is 9.91. The third-order valence-corrected chi connectivity index (χ3v) is 8.13. The summed E-state index contributed by atoms with van der Waals surface area (Å²) in [5.41, 5.74) is 16.3. The van der Waals surface area contributed by atoms with Gasteiger partial charge in [0.1, 0.15) is 6.17 Å². The zero-order valence-electron chi connectivity index (χ0n) is 25.3. The van der Waals surface area contributed by atoms with Crippen LogP contribution in [0, 0.1) is 5.41 Å². The zero-order chi connectivity index (χ0) is 31.0. The SMILES string of the molecule is C/C=C(\C=N)c1ccc(-c2ccc(-c3ccc(C(/N=C/c4ccccc4)NC(N)c4ccccc4)cc3)c3ccccc23)cc1. The van der Waals surface area contributed by atoms with Crippen LogP contribution in [0.15, 0.2) is 157 Å². The van der Waals surface area contributed by atoms with Gasteiger partial charge >= 0.3 is 0 Å². The number of fused-ring (bicyclic) bond motifs is 1. The molecule has 6 aromatic carbocycles. The summed E-state index contributed by atoms with van der Waals surface area (Å²) in [7, 11) is 0. The summed E-state index contributed by atoms with van der Waals surface area (Å²) in [5.74, 6) is 0. The van der Waals surface area contributed by atoms with Gasteiger partial charge in [-0.1, -0.05) is 152 Å². The second-order valence-electron chi connectivity index (χ2n) is 10.9. The average molecular weight is 585 g/mol. The van der Waals surface area contributed by atoms with Gasteiger partial charge in [0, 0.05) is 12.4 Å². The number of aliphatic imine (C=N–C) groups is 1. The van der Waals surface area contributed by atoms with Crippen molar-refractivity contribution in [2.75, 3.05) is 0 Å². The Balaban J connectivity index is 1.32. The fourth-order valence-corrected chi connectivity index (χ4v) is 5.67. The Bertz CT molecular complexity index is 1940. The number of allylic oxidation sites excluding steroid dienone is 2. The lowest BCUT2D eigenvalue weighted by Gasteiger charge is -2.21. The maximum absolute atomic E-state index is 7.68. The van der Waals surface area contributed by atoms with Gasteiger partial charge < -0.3 is 11.1 Å². The Morgan fingerprint density at radius 1 is 0.644 bits per heavy atom. The smallest absolute Gasteiger partial charge is 0.127 e. The van der Waals surface area contributed by atoms with Crippen LogP contribution in [0.5, 0.6) is 0 Å². The third-order valence-electron chi connectivity index (χ3n) is 8.13. The molecule has 0 saturated heterocycles. The quantitative estimate of drug-likeness (QED) is 0.111. The summed E-state index contributed by atoms with van der Waals surface area (Å²) in [6.45, 7) is 1.96. The van der Waals surface area contributed by atoms with Gasteiger partial charge in [0.05, 0.1) is 6.17 Å². The number of nitrogens with one attached hydrogen (secondary N) is 2. The molecular weight excluding hydrogens is 548 g/mol. The number of nitrogens with zero attached hydrogens (tertiary/aromatic N) is 1. The molecule has 45 heavy (non-hydrogen) atoms. The van der Waals surface area contributed by atoms with Gasteiger partial charge in [0.2, 0.25) is 0 Å². The molecule has 4 nitrogen and oxygen atoms in total. The van der Waals surface area contributed by atoms with Crippen molar-refractivity contribution in [1.29, 1.82) is 5.41 Å². The molecule has 0 heterocycles. The highest BCUT2D eigenvalue weighted by Crippen LogP contribution is 2.36. The maximum atomic E-state index is 7.68. The molecular formula is C41H36N4. The van der Waals surface area contributed by atoms with Gasteiger partial charge in [-0.2, -0.15) is 0 Å². The minimum atomic E-state index is -0.371. The topological polar surface area (TPSA) is 74.3 Å². The largest absolute Gasteiger partial charge is 0.312 e. The molecule has 0 saturated carbocycles. The molecule has 4 N–H and O–H groups in total. The first kappa shape index (κ1) is 29.6. The summed E-state index contributed by atoms with van der Waals surface area (Å²) in [6.07, 6.45) is 4.56. The zero-order valence-corrected chi connectivity index (χ0v) is 25.3. The van der Waals surface area contributed by atoms with Crippen LogP contribution >= 0.6 is 0 Å². The van der Waals surface area contributed by atoms with Crippen molar-refractivity contribution >= 4 is 28.8 Å². The molecule has 6 aromatic rings. The Hall–Kier alpha value is -5.42. The molecule has 4 heteroatoms. The standard InChI is InChI=1S/C41H36N4/c1-2-30(27-42)31-17-19-32(20-18-31)36-25-26-37(39-16-10-9-15-38(36)39)33-21-23-35(24-22-33)41(44-28-29-11-5-3-6-12-29)45-40(43)34-13-7-4-8-14-34/h2-28,40-42,45H,43H2,1H3/b30-2+,42-27?,44-28+. The number of rotatable bonds is 10. The first-order valence-corrected chi connectivity index (χ1v) is 15.2. The van der Waals surface area contributed by atoms with E-state index in [4.69, 9.17) is 16.1 Å². The summed E-state index contributed by atoms with van der Waals surface area (Å²) in [5, 5.41) is 13.6. The van der Waals surface area contributed by atoms with Gasteiger partial charge in [-0.05, 0) is 67.8 Å². The summed E-state index contributed by atoms with van der Waals surface area (Å²) in [4.78, 5) is 4.92. The van der Waals surface area contributed by atoms with E-state index in [-0.39, 0.29) is 12.3 Å². The molecule has 0 bridgehead atoms.